The van der Waals surface area contributed by atoms with Gasteiger partial charge in [0, 0.05) is 0 Å². The average molecular weight is 196 g/mol. The SMILES string of the molecule is CC1(C)CC[C@]2(C)CCCC[C@@H]2[C@@H]1O. The van der Waals surface area contributed by atoms with Crippen molar-refractivity contribution in [2.24, 2.45) is 16.7 Å². The van der Waals surface area contributed by atoms with Crippen LogP contribution in [0.15, 0.2) is 0 Å². The van der Waals surface area contributed by atoms with Crippen LogP contribution >= 0.6 is 0 Å². The average Bonchev–Trinajstić information content (AvgIpc) is 2.13. The smallest absolute Gasteiger partial charge is 0.0624 e. The lowest BCUT2D eigenvalue weighted by molar-refractivity contribution is -0.112. The molecule has 2 saturated carbocycles. The highest BCUT2D eigenvalue weighted by molar-refractivity contribution is 4.99. The van der Waals surface area contributed by atoms with E-state index in [9.17, 15) is 5.11 Å². The van der Waals surface area contributed by atoms with Crippen LogP contribution in [0, 0.1) is 16.7 Å². The van der Waals surface area contributed by atoms with Crippen LogP contribution in [-0.2, 0) is 0 Å². The summed E-state index contributed by atoms with van der Waals surface area (Å²) in [6, 6.07) is 0. The van der Waals surface area contributed by atoms with Crippen molar-refractivity contribution in [3.05, 3.63) is 0 Å². The first-order valence-corrected chi connectivity index (χ1v) is 6.14. The van der Waals surface area contributed by atoms with Gasteiger partial charge in [-0.1, -0.05) is 33.6 Å². The van der Waals surface area contributed by atoms with Gasteiger partial charge in [0.15, 0.2) is 0 Å². The minimum absolute atomic E-state index is 0.0680. The molecular formula is C13H24O. The molecule has 0 amide bonds. The first kappa shape index (κ1) is 10.5. The zero-order chi connectivity index (χ0) is 10.4. The van der Waals surface area contributed by atoms with E-state index >= 15 is 0 Å². The number of aliphatic hydroxyl groups is 1. The van der Waals surface area contributed by atoms with E-state index < -0.39 is 0 Å². The molecular weight excluding hydrogens is 172 g/mol. The zero-order valence-corrected chi connectivity index (χ0v) is 9.84. The van der Waals surface area contributed by atoms with E-state index in [1.54, 1.807) is 0 Å². The van der Waals surface area contributed by atoms with Gasteiger partial charge in [-0.15, -0.1) is 0 Å². The number of rotatable bonds is 0. The Hall–Kier alpha value is -0.0400. The van der Waals surface area contributed by atoms with Crippen LogP contribution in [-0.4, -0.2) is 11.2 Å². The fraction of sp³-hybridized carbons (Fsp3) is 1.00. The summed E-state index contributed by atoms with van der Waals surface area (Å²) in [5, 5.41) is 10.4. The maximum absolute atomic E-state index is 10.4. The van der Waals surface area contributed by atoms with Gasteiger partial charge in [-0.2, -0.15) is 0 Å². The molecule has 0 radical (unpaired) electrons. The van der Waals surface area contributed by atoms with Gasteiger partial charge in [-0.25, -0.2) is 0 Å². The van der Waals surface area contributed by atoms with Gasteiger partial charge in [0.1, 0.15) is 0 Å². The molecule has 2 rings (SSSR count). The molecule has 0 aromatic carbocycles. The van der Waals surface area contributed by atoms with Crippen molar-refractivity contribution in [3.63, 3.8) is 0 Å². The maximum Gasteiger partial charge on any atom is 0.0624 e. The molecule has 2 aliphatic carbocycles. The van der Waals surface area contributed by atoms with E-state index in [0.29, 0.717) is 11.3 Å². The van der Waals surface area contributed by atoms with Crippen LogP contribution in [0.25, 0.3) is 0 Å². The van der Waals surface area contributed by atoms with Gasteiger partial charge < -0.3 is 5.11 Å². The fourth-order valence-corrected chi connectivity index (χ4v) is 3.58. The maximum atomic E-state index is 10.4. The number of fused-ring (bicyclic) bond motifs is 1. The first-order chi connectivity index (χ1) is 6.46. The van der Waals surface area contributed by atoms with Crippen molar-refractivity contribution in [2.45, 2.75) is 65.4 Å². The molecule has 0 spiro atoms. The molecule has 1 nitrogen and oxygen atoms in total. The lowest BCUT2D eigenvalue weighted by atomic mass is 9.53. The second-order valence-electron chi connectivity index (χ2n) is 6.44. The number of aliphatic hydroxyl groups excluding tert-OH is 1. The van der Waals surface area contributed by atoms with Crippen molar-refractivity contribution in [1.82, 2.24) is 0 Å². The van der Waals surface area contributed by atoms with Crippen LogP contribution < -0.4 is 0 Å². The summed E-state index contributed by atoms with van der Waals surface area (Å²) >= 11 is 0. The standard InChI is InChI=1S/C13H24O/c1-12(2)8-9-13(3)7-5-4-6-10(13)11(12)14/h10-11,14H,4-9H2,1-3H3/t10-,11+,13+/m1/s1. The van der Waals surface area contributed by atoms with Crippen molar-refractivity contribution in [3.8, 4) is 0 Å². The van der Waals surface area contributed by atoms with Gasteiger partial charge >= 0.3 is 0 Å². The molecule has 82 valence electrons. The Kier molecular flexibility index (Phi) is 2.42. The third-order valence-electron chi connectivity index (χ3n) is 4.93. The molecule has 2 fully saturated rings. The molecule has 1 heteroatoms. The summed E-state index contributed by atoms with van der Waals surface area (Å²) in [4.78, 5) is 0. The van der Waals surface area contributed by atoms with Crippen LogP contribution in [0.3, 0.4) is 0 Å². The molecule has 0 heterocycles. The largest absolute Gasteiger partial charge is 0.392 e. The van der Waals surface area contributed by atoms with Gasteiger partial charge in [0.2, 0.25) is 0 Å². The van der Waals surface area contributed by atoms with E-state index in [0.717, 1.165) is 0 Å². The lowest BCUT2D eigenvalue weighted by Crippen LogP contribution is -2.50. The van der Waals surface area contributed by atoms with Crippen LogP contribution in [0.4, 0.5) is 0 Å². The van der Waals surface area contributed by atoms with Crippen molar-refractivity contribution in [1.29, 1.82) is 0 Å². The predicted octanol–water partition coefficient (Wildman–Crippen LogP) is 3.36. The fourth-order valence-electron chi connectivity index (χ4n) is 3.58. The molecule has 0 bridgehead atoms. The Morgan fingerprint density at radius 1 is 1.00 bits per heavy atom. The van der Waals surface area contributed by atoms with Gasteiger partial charge in [-0.05, 0) is 42.4 Å². The Morgan fingerprint density at radius 2 is 1.71 bits per heavy atom. The topological polar surface area (TPSA) is 20.2 Å². The molecule has 3 atom stereocenters. The highest BCUT2D eigenvalue weighted by Crippen LogP contribution is 2.55. The van der Waals surface area contributed by atoms with E-state index in [2.05, 4.69) is 20.8 Å². The van der Waals surface area contributed by atoms with E-state index in [1.807, 2.05) is 0 Å². The first-order valence-electron chi connectivity index (χ1n) is 6.14. The van der Waals surface area contributed by atoms with Gasteiger partial charge in [0.25, 0.3) is 0 Å². The molecule has 2 aliphatic rings. The van der Waals surface area contributed by atoms with Crippen molar-refractivity contribution in [2.75, 3.05) is 0 Å². The monoisotopic (exact) mass is 196 g/mol. The summed E-state index contributed by atoms with van der Waals surface area (Å²) in [6.45, 7) is 6.85. The Labute approximate surface area is 87.9 Å². The van der Waals surface area contributed by atoms with Crippen molar-refractivity contribution < 1.29 is 5.11 Å². The molecule has 0 saturated heterocycles. The highest BCUT2D eigenvalue weighted by Gasteiger charge is 2.49. The minimum Gasteiger partial charge on any atom is -0.392 e. The molecule has 0 aromatic heterocycles. The molecule has 0 aromatic rings. The zero-order valence-electron chi connectivity index (χ0n) is 9.84. The predicted molar refractivity (Wildman–Crippen MR) is 59.1 cm³/mol. The Morgan fingerprint density at radius 3 is 2.43 bits per heavy atom. The third kappa shape index (κ3) is 1.50. The molecule has 0 unspecified atom stereocenters. The molecule has 14 heavy (non-hydrogen) atoms. The molecule has 1 N–H and O–H groups in total. The Bertz CT molecular complexity index is 221. The lowest BCUT2D eigenvalue weighted by Gasteiger charge is -2.53. The quantitative estimate of drug-likeness (QED) is 0.630. The van der Waals surface area contributed by atoms with Crippen molar-refractivity contribution >= 4 is 0 Å². The summed E-state index contributed by atoms with van der Waals surface area (Å²) in [5.41, 5.74) is 0.606. The van der Waals surface area contributed by atoms with Gasteiger partial charge in [-0.3, -0.25) is 0 Å². The summed E-state index contributed by atoms with van der Waals surface area (Å²) in [6.07, 6.45) is 7.74. The van der Waals surface area contributed by atoms with E-state index in [-0.39, 0.29) is 11.5 Å². The van der Waals surface area contributed by atoms with Crippen LogP contribution in [0.5, 0.6) is 0 Å². The Balaban J connectivity index is 2.20. The van der Waals surface area contributed by atoms with Crippen LogP contribution in [0.1, 0.15) is 59.3 Å². The summed E-state index contributed by atoms with van der Waals surface area (Å²) < 4.78 is 0. The number of hydrogen-bond acceptors (Lipinski definition) is 1. The molecule has 0 aliphatic heterocycles. The second kappa shape index (κ2) is 3.23. The van der Waals surface area contributed by atoms with Gasteiger partial charge in [0.05, 0.1) is 6.10 Å². The van der Waals surface area contributed by atoms with E-state index in [4.69, 9.17) is 0 Å². The summed E-state index contributed by atoms with van der Waals surface area (Å²) in [7, 11) is 0. The number of hydrogen-bond donors (Lipinski definition) is 1. The highest BCUT2D eigenvalue weighted by atomic mass is 16.3. The minimum atomic E-state index is -0.0680. The normalized spacial score (nSPS) is 47.1. The second-order valence-corrected chi connectivity index (χ2v) is 6.44. The van der Waals surface area contributed by atoms with E-state index in [1.165, 1.54) is 38.5 Å². The third-order valence-corrected chi connectivity index (χ3v) is 4.93. The van der Waals surface area contributed by atoms with Crippen LogP contribution in [0.2, 0.25) is 0 Å². The summed E-state index contributed by atoms with van der Waals surface area (Å²) in [5.74, 6) is 0.569.